The normalized spacial score (nSPS) is 10.6. The lowest BCUT2D eigenvalue weighted by molar-refractivity contribution is 0.0952. The van der Waals surface area contributed by atoms with Crippen LogP contribution in [-0.2, 0) is 6.42 Å². The highest BCUT2D eigenvalue weighted by Gasteiger charge is 2.05. The molecule has 2 rings (SSSR count). The van der Waals surface area contributed by atoms with Gasteiger partial charge in [0.2, 0.25) is 0 Å². The van der Waals surface area contributed by atoms with Crippen LogP contribution >= 0.6 is 0 Å². The van der Waals surface area contributed by atoms with E-state index in [0.717, 1.165) is 18.6 Å². The van der Waals surface area contributed by atoms with Crippen molar-refractivity contribution in [3.63, 3.8) is 0 Å². The maximum Gasteiger partial charge on any atom is 0.251 e. The van der Waals surface area contributed by atoms with Gasteiger partial charge in [-0.3, -0.25) is 4.79 Å². The molecule has 0 fully saturated rings. The highest BCUT2D eigenvalue weighted by Crippen LogP contribution is 2.16. The molecule has 0 spiro atoms. The molecule has 0 saturated heterocycles. The molecule has 2 aromatic carbocycles. The van der Waals surface area contributed by atoms with Gasteiger partial charge in [-0.05, 0) is 62.6 Å². The third-order valence-electron chi connectivity index (χ3n) is 3.28. The number of ether oxygens (including phenoxy) is 1. The Balaban J connectivity index is 1.78. The predicted molar refractivity (Wildman–Crippen MR) is 89.3 cm³/mol. The number of carbonyl (C=O) groups excluding carboxylic acids is 1. The summed E-state index contributed by atoms with van der Waals surface area (Å²) in [4.78, 5) is 11.9. The topological polar surface area (TPSA) is 38.3 Å². The Bertz CT molecular complexity index is 655. The van der Waals surface area contributed by atoms with Gasteiger partial charge in [0.15, 0.2) is 0 Å². The zero-order valence-electron chi connectivity index (χ0n) is 13.5. The Labute approximate surface area is 136 Å². The Kier molecular flexibility index (Phi) is 6.15. The summed E-state index contributed by atoms with van der Waals surface area (Å²) < 4.78 is 18.7. The van der Waals surface area contributed by atoms with E-state index in [1.54, 1.807) is 6.07 Å². The summed E-state index contributed by atoms with van der Waals surface area (Å²) >= 11 is 0. The number of nitrogens with one attached hydrogen (secondary N) is 1. The molecular formula is C19H22FNO2. The fourth-order valence-corrected chi connectivity index (χ4v) is 2.27. The average Bonchev–Trinajstić information content (AvgIpc) is 2.51. The minimum Gasteiger partial charge on any atom is -0.491 e. The highest BCUT2D eigenvalue weighted by atomic mass is 19.1. The Morgan fingerprint density at radius 2 is 1.96 bits per heavy atom. The molecule has 0 atom stereocenters. The lowest BCUT2D eigenvalue weighted by Gasteiger charge is -2.11. The van der Waals surface area contributed by atoms with E-state index >= 15 is 0 Å². The van der Waals surface area contributed by atoms with Crippen molar-refractivity contribution in [3.8, 4) is 5.75 Å². The summed E-state index contributed by atoms with van der Waals surface area (Å²) in [6, 6.07) is 13.7. The molecule has 0 unspecified atom stereocenters. The van der Waals surface area contributed by atoms with Crippen LogP contribution in [0.5, 0.6) is 5.75 Å². The largest absolute Gasteiger partial charge is 0.491 e. The molecule has 0 aliphatic carbocycles. The number of carbonyl (C=O) groups is 1. The Hall–Kier alpha value is -2.36. The van der Waals surface area contributed by atoms with Crippen LogP contribution in [0.1, 0.15) is 36.2 Å². The molecule has 23 heavy (non-hydrogen) atoms. The van der Waals surface area contributed by atoms with Gasteiger partial charge in [-0.15, -0.1) is 0 Å². The minimum atomic E-state index is -0.403. The van der Waals surface area contributed by atoms with Crippen molar-refractivity contribution in [1.29, 1.82) is 0 Å². The average molecular weight is 315 g/mol. The van der Waals surface area contributed by atoms with Crippen LogP contribution < -0.4 is 10.1 Å². The number of amides is 1. The Morgan fingerprint density at radius 1 is 1.17 bits per heavy atom. The highest BCUT2D eigenvalue weighted by molar-refractivity contribution is 5.94. The van der Waals surface area contributed by atoms with Crippen LogP contribution in [0.2, 0.25) is 0 Å². The van der Waals surface area contributed by atoms with Gasteiger partial charge in [-0.2, -0.15) is 0 Å². The van der Waals surface area contributed by atoms with E-state index in [4.69, 9.17) is 4.74 Å². The number of hydrogen-bond donors (Lipinski definition) is 1. The summed E-state index contributed by atoms with van der Waals surface area (Å²) in [5.41, 5.74) is 1.51. The summed E-state index contributed by atoms with van der Waals surface area (Å²) in [5, 5.41) is 2.81. The van der Waals surface area contributed by atoms with Crippen molar-refractivity contribution >= 4 is 5.91 Å². The van der Waals surface area contributed by atoms with Gasteiger partial charge in [-0.25, -0.2) is 4.39 Å². The molecule has 0 aliphatic heterocycles. The maximum absolute atomic E-state index is 13.1. The first-order chi connectivity index (χ1) is 11.0. The number of aryl methyl sites for hydroxylation is 1. The van der Waals surface area contributed by atoms with Crippen molar-refractivity contribution in [3.05, 3.63) is 65.5 Å². The second kappa shape index (κ2) is 8.32. The number of hydrogen-bond acceptors (Lipinski definition) is 2. The van der Waals surface area contributed by atoms with Crippen LogP contribution in [0, 0.1) is 5.82 Å². The van der Waals surface area contributed by atoms with Crippen molar-refractivity contribution in [1.82, 2.24) is 5.32 Å². The van der Waals surface area contributed by atoms with Gasteiger partial charge in [-0.1, -0.05) is 18.2 Å². The summed E-state index contributed by atoms with van der Waals surface area (Å²) in [6.07, 6.45) is 1.81. The van der Waals surface area contributed by atoms with Crippen LogP contribution in [0.15, 0.2) is 48.5 Å². The zero-order valence-corrected chi connectivity index (χ0v) is 13.5. The number of rotatable bonds is 7. The van der Waals surface area contributed by atoms with Gasteiger partial charge in [0.1, 0.15) is 11.6 Å². The van der Waals surface area contributed by atoms with Gasteiger partial charge >= 0.3 is 0 Å². The van der Waals surface area contributed by atoms with E-state index in [1.165, 1.54) is 23.8 Å². The monoisotopic (exact) mass is 315 g/mol. The minimum absolute atomic E-state index is 0.149. The lowest BCUT2D eigenvalue weighted by Crippen LogP contribution is -2.24. The summed E-state index contributed by atoms with van der Waals surface area (Å²) in [6.45, 7) is 4.54. The van der Waals surface area contributed by atoms with E-state index in [1.807, 2.05) is 38.1 Å². The van der Waals surface area contributed by atoms with E-state index in [-0.39, 0.29) is 12.0 Å². The molecule has 122 valence electrons. The van der Waals surface area contributed by atoms with Gasteiger partial charge in [0, 0.05) is 12.1 Å². The fourth-order valence-electron chi connectivity index (χ4n) is 2.27. The molecule has 0 aromatic heterocycles. The smallest absolute Gasteiger partial charge is 0.251 e. The first-order valence-corrected chi connectivity index (χ1v) is 7.84. The van der Waals surface area contributed by atoms with Crippen LogP contribution in [-0.4, -0.2) is 18.6 Å². The van der Waals surface area contributed by atoms with Crippen LogP contribution in [0.3, 0.4) is 0 Å². The molecule has 1 N–H and O–H groups in total. The lowest BCUT2D eigenvalue weighted by atomic mass is 10.1. The number of halogens is 1. The van der Waals surface area contributed by atoms with Crippen molar-refractivity contribution in [2.75, 3.05) is 6.54 Å². The summed E-state index contributed by atoms with van der Waals surface area (Å²) in [5.74, 6) is 0.210. The molecule has 0 aliphatic rings. The molecule has 2 aromatic rings. The van der Waals surface area contributed by atoms with Crippen LogP contribution in [0.4, 0.5) is 4.39 Å². The molecular weight excluding hydrogens is 293 g/mol. The van der Waals surface area contributed by atoms with E-state index in [0.29, 0.717) is 12.1 Å². The first kappa shape index (κ1) is 17.0. The van der Waals surface area contributed by atoms with Crippen molar-refractivity contribution < 1.29 is 13.9 Å². The standard InChI is InChI=1S/C19H22FNO2/c1-14(2)23-18-10-3-6-15(12-18)7-5-11-21-19(22)16-8-4-9-17(20)13-16/h3-4,6,8-10,12-14H,5,7,11H2,1-2H3,(H,21,22). The predicted octanol–water partition coefficient (Wildman–Crippen LogP) is 3.98. The quantitative estimate of drug-likeness (QED) is 0.785. The molecule has 4 heteroatoms. The first-order valence-electron chi connectivity index (χ1n) is 7.84. The molecule has 3 nitrogen and oxygen atoms in total. The summed E-state index contributed by atoms with van der Waals surface area (Å²) in [7, 11) is 0. The van der Waals surface area contributed by atoms with Crippen molar-refractivity contribution in [2.24, 2.45) is 0 Å². The fraction of sp³-hybridized carbons (Fsp3) is 0.316. The van der Waals surface area contributed by atoms with Gasteiger partial charge in [0.05, 0.1) is 6.10 Å². The second-order valence-electron chi connectivity index (χ2n) is 5.68. The van der Waals surface area contributed by atoms with Gasteiger partial charge in [0.25, 0.3) is 5.91 Å². The maximum atomic E-state index is 13.1. The number of benzene rings is 2. The van der Waals surface area contributed by atoms with E-state index in [9.17, 15) is 9.18 Å². The zero-order chi connectivity index (χ0) is 16.7. The second-order valence-corrected chi connectivity index (χ2v) is 5.68. The van der Waals surface area contributed by atoms with E-state index < -0.39 is 5.82 Å². The third-order valence-corrected chi connectivity index (χ3v) is 3.28. The SMILES string of the molecule is CC(C)Oc1cccc(CCCNC(=O)c2cccc(F)c2)c1. The van der Waals surface area contributed by atoms with Crippen molar-refractivity contribution in [2.45, 2.75) is 32.8 Å². The van der Waals surface area contributed by atoms with Crippen LogP contribution in [0.25, 0.3) is 0 Å². The van der Waals surface area contributed by atoms with E-state index in [2.05, 4.69) is 5.32 Å². The molecule has 0 saturated carbocycles. The third kappa shape index (κ3) is 5.74. The molecule has 0 radical (unpaired) electrons. The molecule has 0 heterocycles. The Morgan fingerprint density at radius 3 is 2.70 bits per heavy atom. The van der Waals surface area contributed by atoms with Gasteiger partial charge < -0.3 is 10.1 Å². The molecule has 1 amide bonds. The molecule has 0 bridgehead atoms.